The highest BCUT2D eigenvalue weighted by atomic mass is 32.2. The van der Waals surface area contributed by atoms with Gasteiger partial charge in [0.05, 0.1) is 36.9 Å². The minimum absolute atomic E-state index is 0.0512. The van der Waals surface area contributed by atoms with Crippen molar-refractivity contribution < 1.29 is 19.1 Å². The van der Waals surface area contributed by atoms with Crippen LogP contribution in [0.15, 0.2) is 75.9 Å². The molecule has 1 atom stereocenters. The summed E-state index contributed by atoms with van der Waals surface area (Å²) in [7, 11) is 0. The molecule has 0 unspecified atom stereocenters. The molecule has 0 saturated carbocycles. The quantitative estimate of drug-likeness (QED) is 0.509. The van der Waals surface area contributed by atoms with E-state index >= 15 is 0 Å². The minimum Gasteiger partial charge on any atom is -0.457 e. The lowest BCUT2D eigenvalue weighted by Gasteiger charge is -2.37. The van der Waals surface area contributed by atoms with Crippen LogP contribution >= 0.6 is 11.8 Å². The number of carbonyl (C=O) groups excluding carboxylic acids is 2. The van der Waals surface area contributed by atoms with E-state index in [0.717, 1.165) is 33.1 Å². The van der Waals surface area contributed by atoms with Crippen molar-refractivity contribution in [3.8, 4) is 0 Å². The summed E-state index contributed by atoms with van der Waals surface area (Å²) in [4.78, 5) is 35.5. The molecule has 7 nitrogen and oxygen atoms in total. The van der Waals surface area contributed by atoms with Gasteiger partial charge >= 0.3 is 5.97 Å². The van der Waals surface area contributed by atoms with E-state index in [1.54, 1.807) is 0 Å². The predicted octanol–water partition coefficient (Wildman–Crippen LogP) is 4.87. The SMILES string of the molecule is CC1=C(C(=O)OCc2ccccc2)[C@H](c2ccc(C)cc2C)N2C(CC(=O)N3CCOCC3)=CSC2=N1. The number of thioether (sulfide) groups is 1. The maximum atomic E-state index is 13.6. The molecular weight excluding hydrogens is 486 g/mol. The first-order chi connectivity index (χ1) is 17.9. The number of rotatable bonds is 6. The first-order valence-corrected chi connectivity index (χ1v) is 13.4. The fourth-order valence-electron chi connectivity index (χ4n) is 4.94. The van der Waals surface area contributed by atoms with Crippen LogP contribution in [0, 0.1) is 13.8 Å². The fourth-order valence-corrected chi connectivity index (χ4v) is 5.90. The summed E-state index contributed by atoms with van der Waals surface area (Å²) >= 11 is 1.49. The molecule has 3 heterocycles. The van der Waals surface area contributed by atoms with Gasteiger partial charge in [-0.25, -0.2) is 9.79 Å². The Morgan fingerprint density at radius 2 is 1.84 bits per heavy atom. The van der Waals surface area contributed by atoms with Gasteiger partial charge in [-0.3, -0.25) is 4.79 Å². The summed E-state index contributed by atoms with van der Waals surface area (Å²) in [5.41, 5.74) is 6.11. The monoisotopic (exact) mass is 517 g/mol. The first-order valence-electron chi connectivity index (χ1n) is 12.5. The van der Waals surface area contributed by atoms with Crippen LogP contribution < -0.4 is 0 Å². The molecule has 8 heteroatoms. The molecule has 1 amide bonds. The van der Waals surface area contributed by atoms with Crippen LogP contribution in [0.4, 0.5) is 0 Å². The standard InChI is InChI=1S/C29H31N3O4S/c1-19-9-10-24(20(2)15-19)27-26(28(34)36-17-22-7-5-4-6-8-22)21(3)30-29-32(27)23(18-37-29)16-25(33)31-11-13-35-14-12-31/h4-10,15,18,27H,11-14,16-17H2,1-3H3/t27-/m0/s1. The van der Waals surface area contributed by atoms with Crippen LogP contribution in [-0.4, -0.2) is 53.1 Å². The van der Waals surface area contributed by atoms with E-state index in [-0.39, 0.29) is 18.9 Å². The molecule has 3 aliphatic heterocycles. The molecule has 0 N–H and O–H groups in total. The molecule has 37 heavy (non-hydrogen) atoms. The number of hydrogen-bond acceptors (Lipinski definition) is 7. The smallest absolute Gasteiger partial charge is 0.338 e. The Bertz CT molecular complexity index is 1300. The van der Waals surface area contributed by atoms with E-state index in [1.165, 1.54) is 11.8 Å². The highest BCUT2D eigenvalue weighted by molar-refractivity contribution is 8.16. The Kier molecular flexibility index (Phi) is 7.48. The van der Waals surface area contributed by atoms with Crippen molar-refractivity contribution in [2.24, 2.45) is 4.99 Å². The molecule has 1 fully saturated rings. The summed E-state index contributed by atoms with van der Waals surface area (Å²) in [6.07, 6.45) is 0.235. The lowest BCUT2D eigenvalue weighted by Crippen LogP contribution is -2.42. The third kappa shape index (κ3) is 5.36. The number of aryl methyl sites for hydroxylation is 2. The molecule has 1 saturated heterocycles. The number of fused-ring (bicyclic) bond motifs is 1. The maximum Gasteiger partial charge on any atom is 0.338 e. The van der Waals surface area contributed by atoms with Gasteiger partial charge in [-0.2, -0.15) is 0 Å². The van der Waals surface area contributed by atoms with Crippen molar-refractivity contribution in [2.75, 3.05) is 26.3 Å². The first kappa shape index (κ1) is 25.3. The van der Waals surface area contributed by atoms with Gasteiger partial charge in [0.1, 0.15) is 6.61 Å². The molecule has 192 valence electrons. The van der Waals surface area contributed by atoms with Crippen LogP contribution in [-0.2, 0) is 25.7 Å². The van der Waals surface area contributed by atoms with Crippen molar-refractivity contribution in [2.45, 2.75) is 39.8 Å². The summed E-state index contributed by atoms with van der Waals surface area (Å²) in [6, 6.07) is 15.5. The number of ether oxygens (including phenoxy) is 2. The summed E-state index contributed by atoms with van der Waals surface area (Å²) in [5.74, 6) is -0.347. The second-order valence-electron chi connectivity index (χ2n) is 9.48. The van der Waals surface area contributed by atoms with Crippen molar-refractivity contribution >= 4 is 28.8 Å². The Morgan fingerprint density at radius 3 is 2.57 bits per heavy atom. The summed E-state index contributed by atoms with van der Waals surface area (Å²) in [5, 5.41) is 2.76. The van der Waals surface area contributed by atoms with Crippen LogP contribution in [0.2, 0.25) is 0 Å². The van der Waals surface area contributed by atoms with Crippen LogP contribution in [0.1, 0.15) is 41.6 Å². The summed E-state index contributed by atoms with van der Waals surface area (Å²) in [6.45, 7) is 8.45. The van der Waals surface area contributed by atoms with Crippen molar-refractivity contribution in [3.05, 3.63) is 93.2 Å². The van der Waals surface area contributed by atoms with E-state index in [0.29, 0.717) is 37.6 Å². The zero-order valence-corrected chi connectivity index (χ0v) is 22.2. The van der Waals surface area contributed by atoms with E-state index in [9.17, 15) is 9.59 Å². The number of esters is 1. The Morgan fingerprint density at radius 1 is 1.08 bits per heavy atom. The van der Waals surface area contributed by atoms with Gasteiger partial charge in [-0.1, -0.05) is 65.9 Å². The van der Waals surface area contributed by atoms with Crippen molar-refractivity contribution in [1.29, 1.82) is 0 Å². The van der Waals surface area contributed by atoms with Crippen molar-refractivity contribution in [1.82, 2.24) is 9.80 Å². The fraction of sp³-hybridized carbons (Fsp3) is 0.345. The molecule has 3 aliphatic rings. The molecule has 0 aliphatic carbocycles. The number of amides is 1. The number of carbonyl (C=O) groups is 2. The highest BCUT2D eigenvalue weighted by Gasteiger charge is 2.42. The van der Waals surface area contributed by atoms with Gasteiger partial charge in [-0.15, -0.1) is 0 Å². The summed E-state index contributed by atoms with van der Waals surface area (Å²) < 4.78 is 11.2. The highest BCUT2D eigenvalue weighted by Crippen LogP contribution is 2.45. The second-order valence-corrected chi connectivity index (χ2v) is 10.3. The Balaban J connectivity index is 1.48. The van der Waals surface area contributed by atoms with E-state index in [1.807, 2.05) is 52.5 Å². The average molecular weight is 518 g/mol. The van der Waals surface area contributed by atoms with E-state index in [4.69, 9.17) is 14.5 Å². The molecule has 0 aromatic heterocycles. The number of hydrogen-bond donors (Lipinski definition) is 0. The van der Waals surface area contributed by atoms with Gasteiger partial charge in [0, 0.05) is 18.8 Å². The zero-order valence-electron chi connectivity index (χ0n) is 21.4. The second kappa shape index (κ2) is 10.9. The number of amidine groups is 1. The van der Waals surface area contributed by atoms with Gasteiger partial charge in [-0.05, 0) is 42.9 Å². The molecule has 0 bridgehead atoms. The zero-order chi connectivity index (χ0) is 25.9. The van der Waals surface area contributed by atoms with Crippen LogP contribution in [0.25, 0.3) is 0 Å². The molecule has 2 aromatic carbocycles. The molecular formula is C29H31N3O4S. The Hall–Kier alpha value is -3.36. The lowest BCUT2D eigenvalue weighted by molar-refractivity contribution is -0.141. The number of benzene rings is 2. The predicted molar refractivity (Wildman–Crippen MR) is 145 cm³/mol. The third-order valence-electron chi connectivity index (χ3n) is 6.85. The maximum absolute atomic E-state index is 13.6. The number of aliphatic imine (C=N–C) groups is 1. The Labute approximate surface area is 221 Å². The third-order valence-corrected chi connectivity index (χ3v) is 7.74. The van der Waals surface area contributed by atoms with E-state index in [2.05, 4.69) is 32.0 Å². The van der Waals surface area contributed by atoms with Gasteiger partial charge in [0.25, 0.3) is 0 Å². The number of morpholine rings is 1. The molecule has 2 aromatic rings. The van der Waals surface area contributed by atoms with Gasteiger partial charge in [0.15, 0.2) is 5.17 Å². The number of nitrogens with zero attached hydrogens (tertiary/aromatic N) is 3. The van der Waals surface area contributed by atoms with Gasteiger partial charge < -0.3 is 19.3 Å². The molecule has 0 radical (unpaired) electrons. The molecule has 0 spiro atoms. The average Bonchev–Trinajstić information content (AvgIpc) is 3.29. The van der Waals surface area contributed by atoms with Crippen molar-refractivity contribution in [3.63, 3.8) is 0 Å². The van der Waals surface area contributed by atoms with Crippen LogP contribution in [0.5, 0.6) is 0 Å². The largest absolute Gasteiger partial charge is 0.457 e. The van der Waals surface area contributed by atoms with Crippen LogP contribution in [0.3, 0.4) is 0 Å². The molecule has 5 rings (SSSR count). The number of allylic oxidation sites excluding steroid dienone is 1. The topological polar surface area (TPSA) is 71.4 Å². The normalized spacial score (nSPS) is 19.4. The van der Waals surface area contributed by atoms with Gasteiger partial charge in [0.2, 0.25) is 5.91 Å². The minimum atomic E-state index is -0.435. The lowest BCUT2D eigenvalue weighted by atomic mass is 9.90. The van der Waals surface area contributed by atoms with E-state index < -0.39 is 12.0 Å².